The molecule has 0 aliphatic rings. The van der Waals surface area contributed by atoms with Crippen LogP contribution in [0.5, 0.6) is 0 Å². The fraction of sp³-hybridized carbons (Fsp3) is 0.259. The third-order valence-electron chi connectivity index (χ3n) is 5.78. The van der Waals surface area contributed by atoms with Crippen LogP contribution in [0.1, 0.15) is 25.8 Å². The van der Waals surface area contributed by atoms with Crippen LogP contribution in [0.25, 0.3) is 0 Å². The molecular formula is C27H28Cl3N3O4S. The summed E-state index contributed by atoms with van der Waals surface area (Å²) in [7, 11) is -4.22. The molecule has 1 atom stereocenters. The molecule has 0 radical (unpaired) electrons. The number of amides is 2. The fourth-order valence-corrected chi connectivity index (χ4v) is 6.08. The van der Waals surface area contributed by atoms with Gasteiger partial charge in [-0.15, -0.1) is 0 Å². The smallest absolute Gasteiger partial charge is 0.264 e. The molecule has 1 N–H and O–H groups in total. The molecule has 202 valence electrons. The lowest BCUT2D eigenvalue weighted by Gasteiger charge is -2.33. The molecule has 2 amide bonds. The highest BCUT2D eigenvalue weighted by Crippen LogP contribution is 2.30. The Balaban J connectivity index is 2.09. The predicted molar refractivity (Wildman–Crippen MR) is 152 cm³/mol. The zero-order valence-electron chi connectivity index (χ0n) is 20.9. The van der Waals surface area contributed by atoms with E-state index in [1.165, 1.54) is 35.2 Å². The van der Waals surface area contributed by atoms with Crippen LogP contribution >= 0.6 is 34.8 Å². The number of nitrogens with zero attached hydrogens (tertiary/aromatic N) is 2. The van der Waals surface area contributed by atoms with Gasteiger partial charge < -0.3 is 10.2 Å². The van der Waals surface area contributed by atoms with Crippen molar-refractivity contribution < 1.29 is 18.0 Å². The number of rotatable bonds is 11. The number of benzene rings is 3. The van der Waals surface area contributed by atoms with Gasteiger partial charge >= 0.3 is 0 Å². The van der Waals surface area contributed by atoms with Crippen molar-refractivity contribution in [1.29, 1.82) is 0 Å². The zero-order valence-corrected chi connectivity index (χ0v) is 24.0. The van der Waals surface area contributed by atoms with Crippen LogP contribution in [0.2, 0.25) is 15.1 Å². The van der Waals surface area contributed by atoms with E-state index >= 15 is 0 Å². The Morgan fingerprint density at radius 3 is 2.08 bits per heavy atom. The largest absolute Gasteiger partial charge is 0.355 e. The molecular weight excluding hydrogens is 569 g/mol. The number of carbonyl (C=O) groups is 2. The molecule has 0 aromatic heterocycles. The maximum absolute atomic E-state index is 13.9. The van der Waals surface area contributed by atoms with Gasteiger partial charge in [-0.05, 0) is 55.3 Å². The third-order valence-corrected chi connectivity index (χ3v) is 8.37. The lowest BCUT2D eigenvalue weighted by atomic mass is 10.1. The van der Waals surface area contributed by atoms with E-state index in [2.05, 4.69) is 5.32 Å². The topological polar surface area (TPSA) is 86.8 Å². The molecule has 7 nitrogen and oxygen atoms in total. The first-order chi connectivity index (χ1) is 18.1. The first-order valence-electron chi connectivity index (χ1n) is 11.9. The van der Waals surface area contributed by atoms with Gasteiger partial charge in [0.1, 0.15) is 12.6 Å². The Hall–Kier alpha value is -2.78. The van der Waals surface area contributed by atoms with Crippen molar-refractivity contribution in [3.05, 3.63) is 93.4 Å². The second-order valence-electron chi connectivity index (χ2n) is 8.38. The van der Waals surface area contributed by atoms with E-state index in [1.807, 2.05) is 0 Å². The molecule has 0 fully saturated rings. The molecule has 11 heteroatoms. The quantitative estimate of drug-likeness (QED) is 0.304. The molecule has 0 aliphatic carbocycles. The number of hydrogen-bond donors (Lipinski definition) is 1. The van der Waals surface area contributed by atoms with Crippen LogP contribution in [-0.2, 0) is 26.2 Å². The van der Waals surface area contributed by atoms with Crippen molar-refractivity contribution in [3.8, 4) is 0 Å². The molecule has 0 heterocycles. The highest BCUT2D eigenvalue weighted by molar-refractivity contribution is 7.92. The minimum Gasteiger partial charge on any atom is -0.355 e. The summed E-state index contributed by atoms with van der Waals surface area (Å²) in [5.74, 6) is -0.947. The van der Waals surface area contributed by atoms with Gasteiger partial charge in [0, 0.05) is 28.2 Å². The number of nitrogens with one attached hydrogen (secondary N) is 1. The zero-order chi connectivity index (χ0) is 27.9. The van der Waals surface area contributed by atoms with Crippen molar-refractivity contribution in [2.45, 2.75) is 37.8 Å². The molecule has 3 rings (SSSR count). The molecule has 0 saturated carbocycles. The molecule has 3 aromatic rings. The van der Waals surface area contributed by atoms with Crippen LogP contribution < -0.4 is 9.62 Å². The maximum atomic E-state index is 13.9. The number of carbonyl (C=O) groups excluding carboxylic acids is 2. The summed E-state index contributed by atoms with van der Waals surface area (Å²) in [6.45, 7) is 3.33. The lowest BCUT2D eigenvalue weighted by Crippen LogP contribution is -2.52. The van der Waals surface area contributed by atoms with E-state index in [0.717, 1.165) is 4.31 Å². The second kappa shape index (κ2) is 13.3. The number of halogens is 3. The van der Waals surface area contributed by atoms with Crippen molar-refractivity contribution in [2.24, 2.45) is 0 Å². The van der Waals surface area contributed by atoms with Crippen molar-refractivity contribution in [1.82, 2.24) is 10.2 Å². The molecule has 38 heavy (non-hydrogen) atoms. The van der Waals surface area contributed by atoms with Crippen molar-refractivity contribution >= 4 is 62.3 Å². The Bertz CT molecular complexity index is 1370. The standard InChI is InChI=1S/C27H28Cl3N3O4S/c1-3-25(27(35)31-4-2)32(17-19-10-8-9-13-24(19)30)26(34)18-33(22-15-20(28)14-21(29)16-22)38(36,37)23-11-6-5-7-12-23/h5-16,25H,3-4,17-18H2,1-2H3,(H,31,35)/t25-/m0/s1. The number of likely N-dealkylation sites (N-methyl/N-ethyl adjacent to an activating group) is 1. The summed E-state index contributed by atoms with van der Waals surface area (Å²) in [6, 6.07) is 18.1. The van der Waals surface area contributed by atoms with Gasteiger partial charge in [-0.25, -0.2) is 8.42 Å². The van der Waals surface area contributed by atoms with Crippen LogP contribution in [0, 0.1) is 0 Å². The molecule has 3 aromatic carbocycles. The van der Waals surface area contributed by atoms with E-state index in [4.69, 9.17) is 34.8 Å². The molecule has 0 unspecified atom stereocenters. The van der Waals surface area contributed by atoms with Gasteiger partial charge in [0.15, 0.2) is 0 Å². The lowest BCUT2D eigenvalue weighted by molar-refractivity contribution is -0.140. The Kier molecular flexibility index (Phi) is 10.4. The number of sulfonamides is 1. The maximum Gasteiger partial charge on any atom is 0.264 e. The van der Waals surface area contributed by atoms with Gasteiger partial charge in [-0.3, -0.25) is 13.9 Å². The summed E-state index contributed by atoms with van der Waals surface area (Å²) < 4.78 is 28.5. The highest BCUT2D eigenvalue weighted by atomic mass is 35.5. The van der Waals surface area contributed by atoms with Gasteiger partial charge in [0.25, 0.3) is 10.0 Å². The Morgan fingerprint density at radius 2 is 1.50 bits per heavy atom. The van der Waals surface area contributed by atoms with Crippen LogP contribution in [0.15, 0.2) is 77.7 Å². The van der Waals surface area contributed by atoms with E-state index in [-0.39, 0.29) is 33.1 Å². The molecule has 0 saturated heterocycles. The van der Waals surface area contributed by atoms with Crippen LogP contribution in [0.3, 0.4) is 0 Å². The van der Waals surface area contributed by atoms with Gasteiger partial charge in [-0.1, -0.05) is 78.1 Å². The average molecular weight is 597 g/mol. The Morgan fingerprint density at radius 1 is 0.895 bits per heavy atom. The summed E-state index contributed by atoms with van der Waals surface area (Å²) in [6.07, 6.45) is 0.302. The average Bonchev–Trinajstić information content (AvgIpc) is 2.88. The van der Waals surface area contributed by atoms with Crippen LogP contribution in [-0.4, -0.2) is 44.3 Å². The summed E-state index contributed by atoms with van der Waals surface area (Å²) in [5, 5.41) is 3.59. The first kappa shape index (κ1) is 29.8. The van der Waals surface area contributed by atoms with Crippen molar-refractivity contribution in [2.75, 3.05) is 17.4 Å². The summed E-state index contributed by atoms with van der Waals surface area (Å²) in [4.78, 5) is 28.2. The van der Waals surface area contributed by atoms with E-state index in [1.54, 1.807) is 56.3 Å². The first-order valence-corrected chi connectivity index (χ1v) is 14.5. The number of anilines is 1. The SMILES string of the molecule is CCNC(=O)[C@H](CC)N(Cc1ccccc1Cl)C(=O)CN(c1cc(Cl)cc(Cl)c1)S(=O)(=O)c1ccccc1. The molecule has 0 aliphatic heterocycles. The third kappa shape index (κ3) is 7.20. The second-order valence-corrected chi connectivity index (χ2v) is 11.5. The minimum atomic E-state index is -4.22. The van der Waals surface area contributed by atoms with E-state index in [9.17, 15) is 18.0 Å². The van der Waals surface area contributed by atoms with Gasteiger partial charge in [0.05, 0.1) is 10.6 Å². The summed E-state index contributed by atoms with van der Waals surface area (Å²) in [5.41, 5.74) is 0.733. The van der Waals surface area contributed by atoms with Crippen LogP contribution in [0.4, 0.5) is 5.69 Å². The monoisotopic (exact) mass is 595 g/mol. The van der Waals surface area contributed by atoms with Gasteiger partial charge in [-0.2, -0.15) is 0 Å². The van der Waals surface area contributed by atoms with Crippen molar-refractivity contribution in [3.63, 3.8) is 0 Å². The fourth-order valence-electron chi connectivity index (χ4n) is 3.95. The van der Waals surface area contributed by atoms with E-state index in [0.29, 0.717) is 23.6 Å². The normalized spacial score (nSPS) is 12.0. The molecule has 0 spiro atoms. The predicted octanol–water partition coefficient (Wildman–Crippen LogP) is 5.79. The Labute approximate surface area is 238 Å². The highest BCUT2D eigenvalue weighted by Gasteiger charge is 2.34. The molecule has 0 bridgehead atoms. The summed E-state index contributed by atoms with van der Waals surface area (Å²) >= 11 is 18.8. The number of hydrogen-bond acceptors (Lipinski definition) is 4. The minimum absolute atomic E-state index is 0.00365. The van der Waals surface area contributed by atoms with E-state index < -0.39 is 28.5 Å². The van der Waals surface area contributed by atoms with Gasteiger partial charge in [0.2, 0.25) is 11.8 Å².